The van der Waals surface area contributed by atoms with Crippen LogP contribution < -0.4 is 11.2 Å². The molecule has 0 unspecified atom stereocenters. The van der Waals surface area contributed by atoms with Gasteiger partial charge in [0.1, 0.15) is 5.60 Å². The van der Waals surface area contributed by atoms with E-state index in [1.54, 1.807) is 27.7 Å². The molecule has 1 aromatic heterocycles. The van der Waals surface area contributed by atoms with Crippen LogP contribution in [0.1, 0.15) is 37.0 Å². The number of anilines is 1. The van der Waals surface area contributed by atoms with Gasteiger partial charge in [-0.2, -0.15) is 0 Å². The lowest BCUT2D eigenvalue weighted by atomic mass is 9.77. The highest BCUT2D eigenvalue weighted by molar-refractivity contribution is 6.62. The van der Waals surface area contributed by atoms with Crippen molar-refractivity contribution in [3.63, 3.8) is 0 Å². The zero-order chi connectivity index (χ0) is 14.1. The number of ether oxygens (including phenoxy) is 1. The molecule has 0 bridgehead atoms. The predicted octanol–water partition coefficient (Wildman–Crippen LogP) is -0.393. The third-order valence-corrected chi connectivity index (χ3v) is 2.07. The molecule has 1 heterocycles. The highest BCUT2D eigenvalue weighted by Crippen LogP contribution is 2.12. The molecular formula is C11H17BN2O4. The van der Waals surface area contributed by atoms with Gasteiger partial charge in [-0.15, -0.1) is 0 Å². The molecule has 1 aromatic rings. The first kappa shape index (κ1) is 14.5. The molecule has 0 amide bonds. The zero-order valence-corrected chi connectivity index (χ0v) is 10.9. The summed E-state index contributed by atoms with van der Waals surface area (Å²) in [4.78, 5) is 15.9. The molecule has 0 atom stereocenters. The Balaban J connectivity index is 3.26. The molecule has 0 aliphatic heterocycles. The summed E-state index contributed by atoms with van der Waals surface area (Å²) in [7, 11) is -1.87. The number of nitrogen functional groups attached to an aromatic ring is 1. The topological polar surface area (TPSA) is 106 Å². The van der Waals surface area contributed by atoms with Crippen molar-refractivity contribution in [2.24, 2.45) is 0 Å². The molecule has 0 fully saturated rings. The van der Waals surface area contributed by atoms with Crippen LogP contribution in [0, 0.1) is 6.92 Å². The molecule has 0 aliphatic carbocycles. The summed E-state index contributed by atoms with van der Waals surface area (Å²) in [6.45, 7) is 6.77. The van der Waals surface area contributed by atoms with Gasteiger partial charge in [0.25, 0.3) is 0 Å². The molecule has 0 radical (unpaired) electrons. The van der Waals surface area contributed by atoms with Crippen LogP contribution in [0.15, 0.2) is 6.07 Å². The Labute approximate surface area is 106 Å². The summed E-state index contributed by atoms with van der Waals surface area (Å²) in [5, 5.41) is 18.5. The third-order valence-electron chi connectivity index (χ3n) is 2.07. The minimum Gasteiger partial charge on any atom is -0.455 e. The SMILES string of the molecule is Cc1cc(N)c(B(O)O)c(C(=O)OC(C)(C)C)n1. The summed E-state index contributed by atoms with van der Waals surface area (Å²) in [5.41, 5.74) is 5.25. The van der Waals surface area contributed by atoms with Gasteiger partial charge < -0.3 is 20.5 Å². The van der Waals surface area contributed by atoms with Gasteiger partial charge in [-0.3, -0.25) is 0 Å². The van der Waals surface area contributed by atoms with E-state index in [1.165, 1.54) is 6.07 Å². The van der Waals surface area contributed by atoms with E-state index in [4.69, 9.17) is 10.5 Å². The van der Waals surface area contributed by atoms with Gasteiger partial charge in [0.15, 0.2) is 5.69 Å². The number of carbonyl (C=O) groups excluding carboxylic acids is 1. The monoisotopic (exact) mass is 252 g/mol. The summed E-state index contributed by atoms with van der Waals surface area (Å²) >= 11 is 0. The minimum absolute atomic E-state index is 0.0957. The maximum Gasteiger partial charge on any atom is 0.493 e. The van der Waals surface area contributed by atoms with Crippen molar-refractivity contribution in [3.05, 3.63) is 17.5 Å². The van der Waals surface area contributed by atoms with Crippen LogP contribution >= 0.6 is 0 Å². The first-order valence-corrected chi connectivity index (χ1v) is 5.48. The Morgan fingerprint density at radius 1 is 1.44 bits per heavy atom. The second kappa shape index (κ2) is 4.95. The number of rotatable bonds is 2. The second-order valence-corrected chi connectivity index (χ2v) is 4.99. The molecule has 98 valence electrons. The van der Waals surface area contributed by atoms with E-state index in [-0.39, 0.29) is 16.8 Å². The standard InChI is InChI=1S/C11H17BN2O4/c1-6-5-7(13)8(12(16)17)9(14-6)10(15)18-11(2,3)4/h5,16-17H,1-4H3,(H2,13,14). The van der Waals surface area contributed by atoms with E-state index in [2.05, 4.69) is 4.98 Å². The minimum atomic E-state index is -1.87. The Bertz CT molecular complexity index is 469. The van der Waals surface area contributed by atoms with Gasteiger partial charge >= 0.3 is 13.1 Å². The first-order valence-electron chi connectivity index (χ1n) is 5.48. The van der Waals surface area contributed by atoms with Gasteiger partial charge in [-0.25, -0.2) is 9.78 Å². The van der Waals surface area contributed by atoms with Crippen molar-refractivity contribution in [1.29, 1.82) is 0 Å². The zero-order valence-electron chi connectivity index (χ0n) is 10.9. The van der Waals surface area contributed by atoms with Crippen molar-refractivity contribution in [2.75, 3.05) is 5.73 Å². The Morgan fingerprint density at radius 2 is 2.00 bits per heavy atom. The molecule has 0 spiro atoms. The molecule has 0 saturated carbocycles. The van der Waals surface area contributed by atoms with Gasteiger partial charge in [0.05, 0.1) is 0 Å². The summed E-state index contributed by atoms with van der Waals surface area (Å²) in [6.07, 6.45) is 0. The van der Waals surface area contributed by atoms with E-state index in [1.807, 2.05) is 0 Å². The van der Waals surface area contributed by atoms with Gasteiger partial charge in [-0.05, 0) is 33.8 Å². The number of aromatic nitrogens is 1. The molecule has 18 heavy (non-hydrogen) atoms. The number of hydrogen-bond donors (Lipinski definition) is 3. The largest absolute Gasteiger partial charge is 0.493 e. The van der Waals surface area contributed by atoms with Crippen LogP contribution in [0.25, 0.3) is 0 Å². The number of nitrogens with two attached hydrogens (primary N) is 1. The normalized spacial score (nSPS) is 11.2. The average Bonchev–Trinajstić information content (AvgIpc) is 2.12. The molecule has 7 heteroatoms. The lowest BCUT2D eigenvalue weighted by Crippen LogP contribution is -2.40. The van der Waals surface area contributed by atoms with Crippen LogP contribution in [0.5, 0.6) is 0 Å². The predicted molar refractivity (Wildman–Crippen MR) is 68.4 cm³/mol. The molecule has 0 saturated heterocycles. The fourth-order valence-electron chi connectivity index (χ4n) is 1.46. The molecule has 4 N–H and O–H groups in total. The molecule has 1 rings (SSSR count). The fraction of sp³-hybridized carbons (Fsp3) is 0.455. The number of esters is 1. The molecule has 6 nitrogen and oxygen atoms in total. The molecule has 0 aliphatic rings. The summed E-state index contributed by atoms with van der Waals surface area (Å²) in [5.74, 6) is -0.735. The summed E-state index contributed by atoms with van der Waals surface area (Å²) < 4.78 is 5.15. The van der Waals surface area contributed by atoms with Gasteiger partial charge in [0.2, 0.25) is 0 Å². The Hall–Kier alpha value is -1.60. The van der Waals surface area contributed by atoms with Crippen LogP contribution in [-0.4, -0.2) is 33.7 Å². The lowest BCUT2D eigenvalue weighted by molar-refractivity contribution is 0.00638. The lowest BCUT2D eigenvalue weighted by Gasteiger charge is -2.20. The van der Waals surface area contributed by atoms with Crippen LogP contribution in [0.4, 0.5) is 5.69 Å². The Morgan fingerprint density at radius 3 is 2.44 bits per heavy atom. The van der Waals surface area contributed by atoms with Crippen molar-refractivity contribution >= 4 is 24.2 Å². The maximum atomic E-state index is 11.9. The number of nitrogens with zero attached hydrogens (tertiary/aromatic N) is 1. The van der Waals surface area contributed by atoms with Crippen LogP contribution in [0.2, 0.25) is 0 Å². The maximum absolute atomic E-state index is 11.9. The van der Waals surface area contributed by atoms with Crippen LogP contribution in [-0.2, 0) is 4.74 Å². The molecular weight excluding hydrogens is 235 g/mol. The third kappa shape index (κ3) is 3.45. The second-order valence-electron chi connectivity index (χ2n) is 4.99. The van der Waals surface area contributed by atoms with E-state index >= 15 is 0 Å². The number of aryl methyl sites for hydroxylation is 1. The van der Waals surface area contributed by atoms with E-state index < -0.39 is 18.7 Å². The van der Waals surface area contributed by atoms with Crippen molar-refractivity contribution in [3.8, 4) is 0 Å². The smallest absolute Gasteiger partial charge is 0.455 e. The highest BCUT2D eigenvalue weighted by Gasteiger charge is 2.28. The highest BCUT2D eigenvalue weighted by atomic mass is 16.6. The quantitative estimate of drug-likeness (QED) is 0.488. The van der Waals surface area contributed by atoms with Gasteiger partial charge in [0, 0.05) is 16.8 Å². The van der Waals surface area contributed by atoms with Crippen molar-refractivity contribution < 1.29 is 19.6 Å². The van der Waals surface area contributed by atoms with Crippen molar-refractivity contribution in [1.82, 2.24) is 4.98 Å². The first-order chi connectivity index (χ1) is 8.11. The van der Waals surface area contributed by atoms with Crippen molar-refractivity contribution in [2.45, 2.75) is 33.3 Å². The fourth-order valence-corrected chi connectivity index (χ4v) is 1.46. The number of hydrogen-bond acceptors (Lipinski definition) is 6. The Kier molecular flexibility index (Phi) is 3.98. The van der Waals surface area contributed by atoms with E-state index in [9.17, 15) is 14.8 Å². The van der Waals surface area contributed by atoms with Crippen LogP contribution in [0.3, 0.4) is 0 Å². The number of carbonyl (C=O) groups is 1. The number of pyridine rings is 1. The van der Waals surface area contributed by atoms with Gasteiger partial charge in [-0.1, -0.05) is 0 Å². The average molecular weight is 252 g/mol. The molecule has 0 aromatic carbocycles. The van der Waals surface area contributed by atoms with E-state index in [0.29, 0.717) is 5.69 Å². The summed E-state index contributed by atoms with van der Waals surface area (Å²) in [6, 6.07) is 1.46. The van der Waals surface area contributed by atoms with E-state index in [0.717, 1.165) is 0 Å².